The van der Waals surface area contributed by atoms with Crippen LogP contribution >= 0.6 is 11.3 Å². The lowest BCUT2D eigenvalue weighted by atomic mass is 9.97. The highest BCUT2D eigenvalue weighted by Gasteiger charge is 2.24. The van der Waals surface area contributed by atoms with E-state index in [9.17, 15) is 0 Å². The molecule has 0 amide bonds. The second-order valence-corrected chi connectivity index (χ2v) is 5.78. The highest BCUT2D eigenvalue weighted by atomic mass is 32.1. The van der Waals surface area contributed by atoms with Crippen LogP contribution in [0.3, 0.4) is 0 Å². The quantitative estimate of drug-likeness (QED) is 0.774. The molecule has 0 saturated carbocycles. The fourth-order valence-electron chi connectivity index (χ4n) is 2.14. The number of hydrogen-bond donors (Lipinski definition) is 0. The van der Waals surface area contributed by atoms with E-state index in [4.69, 9.17) is 0 Å². The van der Waals surface area contributed by atoms with Crippen molar-refractivity contribution >= 4 is 11.3 Å². The van der Waals surface area contributed by atoms with Crippen LogP contribution in [-0.2, 0) is 0 Å². The second-order valence-electron chi connectivity index (χ2n) is 4.56. The fraction of sp³-hybridized carbons (Fsp3) is 0.818. The van der Waals surface area contributed by atoms with Crippen LogP contribution in [0.1, 0.15) is 42.6 Å². The molecule has 0 radical (unpaired) electrons. The molecule has 84 valence electrons. The molecule has 0 N–H and O–H groups in total. The van der Waals surface area contributed by atoms with Gasteiger partial charge in [0.1, 0.15) is 10.0 Å². The van der Waals surface area contributed by atoms with Gasteiger partial charge in [-0.1, -0.05) is 0 Å². The molecule has 15 heavy (non-hydrogen) atoms. The van der Waals surface area contributed by atoms with Crippen molar-refractivity contribution in [3.63, 3.8) is 0 Å². The largest absolute Gasteiger partial charge is 0.301 e. The van der Waals surface area contributed by atoms with Gasteiger partial charge in [0.15, 0.2) is 0 Å². The zero-order chi connectivity index (χ0) is 10.8. The molecule has 2 heterocycles. The minimum absolute atomic E-state index is 0.659. The monoisotopic (exact) mass is 225 g/mol. The van der Waals surface area contributed by atoms with Gasteiger partial charge in [0.05, 0.1) is 0 Å². The van der Waals surface area contributed by atoms with E-state index in [-0.39, 0.29) is 0 Å². The minimum atomic E-state index is 0.659. The van der Waals surface area contributed by atoms with Crippen molar-refractivity contribution in [2.75, 3.05) is 13.1 Å². The van der Waals surface area contributed by atoms with Crippen LogP contribution < -0.4 is 0 Å². The summed E-state index contributed by atoms with van der Waals surface area (Å²) in [7, 11) is 0. The highest BCUT2D eigenvalue weighted by Crippen LogP contribution is 2.30. The second kappa shape index (κ2) is 4.58. The Balaban J connectivity index is 1.93. The molecular formula is C11H19N3S. The number of aromatic nitrogens is 2. The Morgan fingerprint density at radius 2 is 1.93 bits per heavy atom. The van der Waals surface area contributed by atoms with E-state index in [2.05, 4.69) is 28.9 Å². The smallest absolute Gasteiger partial charge is 0.120 e. The number of hydrogen-bond acceptors (Lipinski definition) is 4. The minimum Gasteiger partial charge on any atom is -0.301 e. The molecule has 0 bridgehead atoms. The molecule has 0 aliphatic carbocycles. The van der Waals surface area contributed by atoms with Crippen LogP contribution in [0.5, 0.6) is 0 Å². The molecular weight excluding hydrogens is 206 g/mol. The molecule has 0 aromatic carbocycles. The summed E-state index contributed by atoms with van der Waals surface area (Å²) in [5.74, 6) is 0.659. The first-order valence-corrected chi connectivity index (χ1v) is 6.52. The van der Waals surface area contributed by atoms with Crippen LogP contribution in [0.4, 0.5) is 0 Å². The molecule has 0 spiro atoms. The van der Waals surface area contributed by atoms with E-state index >= 15 is 0 Å². The Morgan fingerprint density at radius 3 is 2.40 bits per heavy atom. The Morgan fingerprint density at radius 1 is 1.27 bits per heavy atom. The zero-order valence-corrected chi connectivity index (χ0v) is 10.5. The van der Waals surface area contributed by atoms with Crippen LogP contribution in [0.15, 0.2) is 0 Å². The van der Waals surface area contributed by atoms with Gasteiger partial charge in [0, 0.05) is 12.0 Å². The van der Waals surface area contributed by atoms with Crippen molar-refractivity contribution in [1.29, 1.82) is 0 Å². The van der Waals surface area contributed by atoms with Crippen molar-refractivity contribution in [2.24, 2.45) is 0 Å². The van der Waals surface area contributed by atoms with E-state index in [1.165, 1.54) is 30.9 Å². The Bertz CT molecular complexity index is 313. The summed E-state index contributed by atoms with van der Waals surface area (Å²) in [6.45, 7) is 9.00. The van der Waals surface area contributed by atoms with Crippen molar-refractivity contribution in [3.05, 3.63) is 10.0 Å². The fourth-order valence-corrected chi connectivity index (χ4v) is 3.01. The standard InChI is InChI=1S/C11H19N3S/c1-8(2)14-6-4-10(5-7-14)11-13-12-9(3)15-11/h8,10H,4-7H2,1-3H3. The van der Waals surface area contributed by atoms with Crippen molar-refractivity contribution in [1.82, 2.24) is 15.1 Å². The summed E-state index contributed by atoms with van der Waals surface area (Å²) in [4.78, 5) is 2.55. The van der Waals surface area contributed by atoms with Crippen molar-refractivity contribution < 1.29 is 0 Å². The third kappa shape index (κ3) is 2.55. The van der Waals surface area contributed by atoms with Gasteiger partial charge in [0.25, 0.3) is 0 Å². The van der Waals surface area contributed by atoms with Crippen molar-refractivity contribution in [2.45, 2.75) is 45.6 Å². The molecule has 1 saturated heterocycles. The molecule has 0 atom stereocenters. The Labute approximate surface area is 95.5 Å². The Hall–Kier alpha value is -0.480. The van der Waals surface area contributed by atoms with Crippen LogP contribution in [-0.4, -0.2) is 34.2 Å². The summed E-state index contributed by atoms with van der Waals surface area (Å²) in [5.41, 5.74) is 0. The van der Waals surface area contributed by atoms with Gasteiger partial charge in [0.2, 0.25) is 0 Å². The van der Waals surface area contributed by atoms with E-state index in [1.54, 1.807) is 11.3 Å². The van der Waals surface area contributed by atoms with Gasteiger partial charge in [-0.2, -0.15) is 0 Å². The highest BCUT2D eigenvalue weighted by molar-refractivity contribution is 7.11. The van der Waals surface area contributed by atoms with Crippen molar-refractivity contribution in [3.8, 4) is 0 Å². The number of likely N-dealkylation sites (tertiary alicyclic amines) is 1. The van der Waals surface area contributed by atoms with E-state index in [0.717, 1.165) is 5.01 Å². The van der Waals surface area contributed by atoms with E-state index < -0.39 is 0 Å². The van der Waals surface area contributed by atoms with Gasteiger partial charge in [-0.15, -0.1) is 21.5 Å². The third-order valence-corrected chi connectivity index (χ3v) is 4.15. The van der Waals surface area contributed by atoms with E-state index in [1.807, 2.05) is 6.92 Å². The van der Waals surface area contributed by atoms with Crippen LogP contribution in [0, 0.1) is 6.92 Å². The van der Waals surface area contributed by atoms with Crippen LogP contribution in [0.2, 0.25) is 0 Å². The molecule has 0 unspecified atom stereocenters. The van der Waals surface area contributed by atoms with E-state index in [0.29, 0.717) is 12.0 Å². The maximum atomic E-state index is 4.26. The molecule has 1 aliphatic heterocycles. The number of piperidine rings is 1. The zero-order valence-electron chi connectivity index (χ0n) is 9.73. The lowest BCUT2D eigenvalue weighted by Crippen LogP contribution is -2.37. The molecule has 1 aromatic rings. The first-order chi connectivity index (χ1) is 7.16. The molecule has 2 rings (SSSR count). The molecule has 3 nitrogen and oxygen atoms in total. The van der Waals surface area contributed by atoms with Gasteiger partial charge >= 0.3 is 0 Å². The summed E-state index contributed by atoms with van der Waals surface area (Å²) < 4.78 is 0. The van der Waals surface area contributed by atoms with Crippen LogP contribution in [0.25, 0.3) is 0 Å². The summed E-state index contributed by atoms with van der Waals surface area (Å²) in [6.07, 6.45) is 2.49. The molecule has 1 fully saturated rings. The maximum Gasteiger partial charge on any atom is 0.120 e. The predicted molar refractivity (Wildman–Crippen MR) is 63.3 cm³/mol. The summed E-state index contributed by atoms with van der Waals surface area (Å²) >= 11 is 1.76. The lowest BCUT2D eigenvalue weighted by molar-refractivity contribution is 0.171. The normalized spacial score (nSPS) is 20.0. The van der Waals surface area contributed by atoms with Gasteiger partial charge in [-0.3, -0.25) is 0 Å². The Kier molecular flexibility index (Phi) is 3.36. The predicted octanol–water partition coefficient (Wildman–Crippen LogP) is 2.43. The average Bonchev–Trinajstić information content (AvgIpc) is 2.65. The first kappa shape index (κ1) is 11.0. The SMILES string of the molecule is Cc1nnc(C2CCN(C(C)C)CC2)s1. The summed E-state index contributed by atoms with van der Waals surface area (Å²) in [5, 5.41) is 10.7. The lowest BCUT2D eigenvalue weighted by Gasteiger charge is -2.33. The average molecular weight is 225 g/mol. The molecule has 1 aromatic heterocycles. The number of rotatable bonds is 2. The molecule has 4 heteroatoms. The third-order valence-electron chi connectivity index (χ3n) is 3.15. The van der Waals surface area contributed by atoms with Gasteiger partial charge < -0.3 is 4.90 Å². The van der Waals surface area contributed by atoms with Gasteiger partial charge in [-0.05, 0) is 46.7 Å². The number of nitrogens with zero attached hydrogens (tertiary/aromatic N) is 3. The first-order valence-electron chi connectivity index (χ1n) is 5.71. The maximum absolute atomic E-state index is 4.26. The topological polar surface area (TPSA) is 29.0 Å². The number of aryl methyl sites for hydroxylation is 1. The molecule has 1 aliphatic rings. The van der Waals surface area contributed by atoms with Gasteiger partial charge in [-0.25, -0.2) is 0 Å². The summed E-state index contributed by atoms with van der Waals surface area (Å²) in [6, 6.07) is 0.683.